The van der Waals surface area contributed by atoms with Crippen LogP contribution in [0.4, 0.5) is 13.2 Å². The van der Waals surface area contributed by atoms with Gasteiger partial charge in [0, 0.05) is 5.39 Å². The van der Waals surface area contributed by atoms with E-state index in [-0.39, 0.29) is 11.3 Å². The number of esters is 1. The molecular formula is C10H6BrF3N2O2. The van der Waals surface area contributed by atoms with E-state index in [0.29, 0.717) is 9.86 Å². The van der Waals surface area contributed by atoms with Crippen LogP contribution in [0.2, 0.25) is 0 Å². The first-order valence-corrected chi connectivity index (χ1v) is 5.47. The SMILES string of the molecule is COC(=O)c1[nH]c2nc(C(F)(F)F)ccc2c1Br. The zero-order valence-corrected chi connectivity index (χ0v) is 10.5. The number of aromatic amines is 1. The van der Waals surface area contributed by atoms with Crippen LogP contribution in [-0.2, 0) is 10.9 Å². The summed E-state index contributed by atoms with van der Waals surface area (Å²) in [4.78, 5) is 17.3. The number of alkyl halides is 3. The van der Waals surface area contributed by atoms with Gasteiger partial charge in [-0.25, -0.2) is 9.78 Å². The number of carbonyl (C=O) groups excluding carboxylic acids is 1. The van der Waals surface area contributed by atoms with Gasteiger partial charge in [-0.2, -0.15) is 13.2 Å². The molecule has 0 aliphatic carbocycles. The van der Waals surface area contributed by atoms with Crippen LogP contribution in [0.15, 0.2) is 16.6 Å². The Balaban J connectivity index is 2.62. The molecule has 0 aromatic carbocycles. The van der Waals surface area contributed by atoms with Gasteiger partial charge in [-0.05, 0) is 28.1 Å². The summed E-state index contributed by atoms with van der Waals surface area (Å²) in [5.74, 6) is -0.687. The first-order valence-electron chi connectivity index (χ1n) is 4.68. The van der Waals surface area contributed by atoms with E-state index in [9.17, 15) is 18.0 Å². The molecule has 0 amide bonds. The smallest absolute Gasteiger partial charge is 0.433 e. The Morgan fingerprint density at radius 1 is 1.44 bits per heavy atom. The summed E-state index contributed by atoms with van der Waals surface area (Å²) in [7, 11) is 1.18. The standard InChI is InChI=1S/C10H6BrF3N2O2/c1-18-9(17)7-6(11)4-2-3-5(10(12,13)14)15-8(4)16-7/h2-3H,1H3,(H,15,16). The van der Waals surface area contributed by atoms with Crippen molar-refractivity contribution in [3.63, 3.8) is 0 Å². The van der Waals surface area contributed by atoms with Crippen LogP contribution in [0.5, 0.6) is 0 Å². The van der Waals surface area contributed by atoms with Gasteiger partial charge in [0.1, 0.15) is 17.0 Å². The van der Waals surface area contributed by atoms with Crippen molar-refractivity contribution in [2.45, 2.75) is 6.18 Å². The molecule has 0 unspecified atom stereocenters. The summed E-state index contributed by atoms with van der Waals surface area (Å²) in [5.41, 5.74) is -1.03. The number of hydrogen-bond donors (Lipinski definition) is 1. The van der Waals surface area contributed by atoms with Crippen molar-refractivity contribution in [1.29, 1.82) is 0 Å². The lowest BCUT2D eigenvalue weighted by molar-refractivity contribution is -0.141. The molecule has 96 valence electrons. The Kier molecular flexibility index (Phi) is 3.05. The topological polar surface area (TPSA) is 55.0 Å². The van der Waals surface area contributed by atoms with Gasteiger partial charge in [-0.15, -0.1) is 0 Å². The van der Waals surface area contributed by atoms with Crippen LogP contribution in [0.1, 0.15) is 16.2 Å². The molecular weight excluding hydrogens is 317 g/mol. The average Bonchev–Trinajstić information content (AvgIpc) is 2.64. The van der Waals surface area contributed by atoms with Gasteiger partial charge in [0.25, 0.3) is 0 Å². The molecule has 18 heavy (non-hydrogen) atoms. The second-order valence-corrected chi connectivity index (χ2v) is 4.19. The molecule has 4 nitrogen and oxygen atoms in total. The maximum absolute atomic E-state index is 12.5. The first kappa shape index (κ1) is 12.9. The minimum absolute atomic E-state index is 0.0272. The molecule has 0 bridgehead atoms. The summed E-state index contributed by atoms with van der Waals surface area (Å²) in [6.45, 7) is 0. The van der Waals surface area contributed by atoms with E-state index in [1.807, 2.05) is 0 Å². The molecule has 0 saturated heterocycles. The van der Waals surface area contributed by atoms with Crippen LogP contribution in [0.25, 0.3) is 11.0 Å². The van der Waals surface area contributed by atoms with Gasteiger partial charge in [-0.3, -0.25) is 0 Å². The molecule has 0 saturated carbocycles. The number of carbonyl (C=O) groups is 1. The highest BCUT2D eigenvalue weighted by Gasteiger charge is 2.33. The van der Waals surface area contributed by atoms with Crippen LogP contribution in [0.3, 0.4) is 0 Å². The Morgan fingerprint density at radius 2 is 2.11 bits per heavy atom. The highest BCUT2D eigenvalue weighted by atomic mass is 79.9. The summed E-state index contributed by atoms with van der Waals surface area (Å²) < 4.78 is 42.2. The summed E-state index contributed by atoms with van der Waals surface area (Å²) in [6.07, 6.45) is -4.53. The number of ether oxygens (including phenoxy) is 1. The van der Waals surface area contributed by atoms with Gasteiger partial charge in [0.05, 0.1) is 11.6 Å². The fourth-order valence-electron chi connectivity index (χ4n) is 1.44. The zero-order chi connectivity index (χ0) is 13.5. The number of rotatable bonds is 1. The Hall–Kier alpha value is -1.57. The molecule has 0 radical (unpaired) electrons. The predicted molar refractivity (Wildman–Crippen MR) is 60.1 cm³/mol. The van der Waals surface area contributed by atoms with Crippen molar-refractivity contribution in [3.05, 3.63) is 28.0 Å². The normalized spacial score (nSPS) is 11.8. The quantitative estimate of drug-likeness (QED) is 0.821. The van der Waals surface area contributed by atoms with E-state index in [1.54, 1.807) is 0 Å². The van der Waals surface area contributed by atoms with Crippen LogP contribution >= 0.6 is 15.9 Å². The van der Waals surface area contributed by atoms with Gasteiger partial charge < -0.3 is 9.72 Å². The van der Waals surface area contributed by atoms with Gasteiger partial charge in [-0.1, -0.05) is 0 Å². The monoisotopic (exact) mass is 322 g/mol. The van der Waals surface area contributed by atoms with Gasteiger partial charge in [0.15, 0.2) is 0 Å². The second-order valence-electron chi connectivity index (χ2n) is 3.40. The van der Waals surface area contributed by atoms with Crippen molar-refractivity contribution in [1.82, 2.24) is 9.97 Å². The number of aromatic nitrogens is 2. The average molecular weight is 323 g/mol. The Morgan fingerprint density at radius 3 is 2.67 bits per heavy atom. The minimum atomic E-state index is -4.53. The van der Waals surface area contributed by atoms with Crippen molar-refractivity contribution in [2.24, 2.45) is 0 Å². The van der Waals surface area contributed by atoms with Crippen molar-refractivity contribution in [2.75, 3.05) is 7.11 Å². The van der Waals surface area contributed by atoms with Gasteiger partial charge >= 0.3 is 12.1 Å². The lowest BCUT2D eigenvalue weighted by Gasteiger charge is -2.04. The molecule has 8 heteroatoms. The highest BCUT2D eigenvalue weighted by molar-refractivity contribution is 9.10. The fourth-order valence-corrected chi connectivity index (χ4v) is 2.02. The van der Waals surface area contributed by atoms with E-state index in [4.69, 9.17) is 0 Å². The number of hydrogen-bond acceptors (Lipinski definition) is 3. The lowest BCUT2D eigenvalue weighted by atomic mass is 10.3. The number of nitrogens with zero attached hydrogens (tertiary/aromatic N) is 1. The molecule has 2 aromatic heterocycles. The van der Waals surface area contributed by atoms with Gasteiger partial charge in [0.2, 0.25) is 0 Å². The van der Waals surface area contributed by atoms with Crippen LogP contribution < -0.4 is 0 Å². The maximum Gasteiger partial charge on any atom is 0.433 e. The largest absolute Gasteiger partial charge is 0.464 e. The molecule has 2 rings (SSSR count). The number of nitrogens with one attached hydrogen (secondary N) is 1. The maximum atomic E-state index is 12.5. The third-order valence-electron chi connectivity index (χ3n) is 2.27. The van der Waals surface area contributed by atoms with E-state index in [2.05, 4.69) is 30.6 Å². The molecule has 0 fully saturated rings. The first-order chi connectivity index (χ1) is 8.34. The molecule has 0 atom stereocenters. The third-order valence-corrected chi connectivity index (χ3v) is 3.10. The molecule has 2 heterocycles. The van der Waals surface area contributed by atoms with E-state index < -0.39 is 17.8 Å². The van der Waals surface area contributed by atoms with E-state index in [1.165, 1.54) is 13.2 Å². The number of fused-ring (bicyclic) bond motifs is 1. The molecule has 0 spiro atoms. The van der Waals surface area contributed by atoms with Crippen molar-refractivity contribution >= 4 is 32.9 Å². The number of pyridine rings is 1. The summed E-state index contributed by atoms with van der Waals surface area (Å²) in [5, 5.41) is 0.378. The molecule has 1 N–H and O–H groups in total. The molecule has 0 aliphatic heterocycles. The van der Waals surface area contributed by atoms with Crippen LogP contribution in [-0.4, -0.2) is 23.0 Å². The van der Waals surface area contributed by atoms with E-state index in [0.717, 1.165) is 6.07 Å². The summed E-state index contributed by atoms with van der Waals surface area (Å²) in [6, 6.07) is 2.08. The number of H-pyrrole nitrogens is 1. The van der Waals surface area contributed by atoms with Crippen molar-refractivity contribution < 1.29 is 22.7 Å². The van der Waals surface area contributed by atoms with Crippen molar-refractivity contribution in [3.8, 4) is 0 Å². The Labute approximate surface area is 107 Å². The Bertz CT molecular complexity index is 621. The summed E-state index contributed by atoms with van der Waals surface area (Å²) >= 11 is 3.11. The lowest BCUT2D eigenvalue weighted by Crippen LogP contribution is -2.07. The third kappa shape index (κ3) is 2.07. The molecule has 0 aliphatic rings. The van der Waals surface area contributed by atoms with E-state index >= 15 is 0 Å². The fraction of sp³-hybridized carbons (Fsp3) is 0.200. The highest BCUT2D eigenvalue weighted by Crippen LogP contribution is 2.32. The zero-order valence-electron chi connectivity index (χ0n) is 8.93. The molecule has 2 aromatic rings. The number of methoxy groups -OCH3 is 1. The minimum Gasteiger partial charge on any atom is -0.464 e. The predicted octanol–water partition coefficient (Wildman–Crippen LogP) is 3.13. The number of halogens is 4. The van der Waals surface area contributed by atoms with Crippen LogP contribution in [0, 0.1) is 0 Å². The second kappa shape index (κ2) is 4.27.